The summed E-state index contributed by atoms with van der Waals surface area (Å²) in [5.41, 5.74) is 0. The van der Waals surface area contributed by atoms with Crippen LogP contribution in [0.25, 0.3) is 0 Å². The Labute approximate surface area is 147 Å². The molecule has 1 unspecified atom stereocenters. The zero-order chi connectivity index (χ0) is 17.8. The van der Waals surface area contributed by atoms with Gasteiger partial charge in [0.05, 0.1) is 6.20 Å². The number of aromatic nitrogens is 2. The largest absolute Gasteiger partial charge is 0.466 e. The Bertz CT molecular complexity index is 749. The number of hydrogen-bond acceptors (Lipinski definition) is 4. The van der Waals surface area contributed by atoms with Crippen LogP contribution in [-0.2, 0) is 22.6 Å². The van der Waals surface area contributed by atoms with Crippen molar-refractivity contribution in [3.63, 3.8) is 0 Å². The molecule has 1 atom stereocenters. The van der Waals surface area contributed by atoms with Crippen molar-refractivity contribution in [2.24, 2.45) is 0 Å². The number of nitrogens with zero attached hydrogens (tertiary/aromatic N) is 3. The molecular weight excluding hydrogens is 320 g/mol. The summed E-state index contributed by atoms with van der Waals surface area (Å²) in [5, 5.41) is 7.09. The van der Waals surface area contributed by atoms with E-state index in [1.165, 1.54) is 0 Å². The molecule has 0 spiro atoms. The van der Waals surface area contributed by atoms with Gasteiger partial charge in [0.25, 0.3) is 5.91 Å². The normalized spacial score (nSPS) is 17.8. The lowest BCUT2D eigenvalue weighted by Crippen LogP contribution is -2.53. The van der Waals surface area contributed by atoms with Crippen LogP contribution >= 0.6 is 0 Å². The van der Waals surface area contributed by atoms with Gasteiger partial charge in [-0.15, -0.1) is 0 Å². The minimum Gasteiger partial charge on any atom is -0.466 e. The third-order valence-corrected chi connectivity index (χ3v) is 4.44. The standard InChI is InChI=1S/C18H24N4O3/c1-3-22-17(10-11-19-22)21-12-4-5-15(18(21)24)20-16(23)9-8-14-7-6-13(2)25-14/h6-7,10-11,15H,3-5,8-9,12H2,1-2H3,(H,20,23). The Morgan fingerprint density at radius 2 is 2.24 bits per heavy atom. The third-order valence-electron chi connectivity index (χ3n) is 4.44. The molecule has 0 radical (unpaired) electrons. The number of carbonyl (C=O) groups is 2. The summed E-state index contributed by atoms with van der Waals surface area (Å²) in [6.07, 6.45) is 4.06. The monoisotopic (exact) mass is 344 g/mol. The van der Waals surface area contributed by atoms with Crippen LogP contribution in [0, 0.1) is 6.92 Å². The van der Waals surface area contributed by atoms with E-state index in [-0.39, 0.29) is 11.8 Å². The molecule has 0 aromatic carbocycles. The molecule has 7 nitrogen and oxygen atoms in total. The molecular formula is C18H24N4O3. The van der Waals surface area contributed by atoms with E-state index in [4.69, 9.17) is 4.42 Å². The molecule has 2 amide bonds. The van der Waals surface area contributed by atoms with Crippen molar-refractivity contribution in [3.8, 4) is 0 Å². The van der Waals surface area contributed by atoms with Crippen LogP contribution in [0.5, 0.6) is 0 Å². The first-order chi connectivity index (χ1) is 12.1. The molecule has 0 aliphatic carbocycles. The lowest BCUT2D eigenvalue weighted by atomic mass is 10.0. The lowest BCUT2D eigenvalue weighted by molar-refractivity contribution is -0.128. The second-order valence-electron chi connectivity index (χ2n) is 6.27. The maximum Gasteiger partial charge on any atom is 0.250 e. The number of piperidine rings is 1. The van der Waals surface area contributed by atoms with Crippen molar-refractivity contribution in [2.75, 3.05) is 11.4 Å². The maximum absolute atomic E-state index is 12.8. The fraction of sp³-hybridized carbons (Fsp3) is 0.500. The minimum absolute atomic E-state index is 0.0661. The van der Waals surface area contributed by atoms with E-state index in [2.05, 4.69) is 10.4 Å². The number of amides is 2. The van der Waals surface area contributed by atoms with Gasteiger partial charge in [0.15, 0.2) is 0 Å². The molecule has 1 fully saturated rings. The average molecular weight is 344 g/mol. The molecule has 3 heterocycles. The predicted octanol–water partition coefficient (Wildman–Crippen LogP) is 2.05. The first-order valence-corrected chi connectivity index (χ1v) is 8.76. The number of hydrogen-bond donors (Lipinski definition) is 1. The van der Waals surface area contributed by atoms with E-state index in [1.807, 2.05) is 32.0 Å². The number of nitrogens with one attached hydrogen (secondary N) is 1. The fourth-order valence-electron chi connectivity index (χ4n) is 3.16. The molecule has 3 rings (SSSR count). The Kier molecular flexibility index (Phi) is 5.21. The number of anilines is 1. The van der Waals surface area contributed by atoms with E-state index < -0.39 is 6.04 Å². The van der Waals surface area contributed by atoms with Crippen LogP contribution in [0.1, 0.15) is 37.7 Å². The van der Waals surface area contributed by atoms with E-state index in [9.17, 15) is 9.59 Å². The smallest absolute Gasteiger partial charge is 0.250 e. The summed E-state index contributed by atoms with van der Waals surface area (Å²) < 4.78 is 7.26. The Morgan fingerprint density at radius 1 is 1.40 bits per heavy atom. The van der Waals surface area contributed by atoms with Crippen molar-refractivity contribution in [3.05, 3.63) is 35.9 Å². The Morgan fingerprint density at radius 3 is 2.96 bits per heavy atom. The zero-order valence-electron chi connectivity index (χ0n) is 14.7. The fourth-order valence-corrected chi connectivity index (χ4v) is 3.16. The molecule has 25 heavy (non-hydrogen) atoms. The molecule has 7 heteroatoms. The average Bonchev–Trinajstić information content (AvgIpc) is 3.23. The molecule has 134 valence electrons. The predicted molar refractivity (Wildman–Crippen MR) is 93.2 cm³/mol. The van der Waals surface area contributed by atoms with Gasteiger partial charge in [-0.05, 0) is 38.8 Å². The number of furan rings is 1. The van der Waals surface area contributed by atoms with E-state index in [0.717, 1.165) is 23.8 Å². The van der Waals surface area contributed by atoms with Crippen molar-refractivity contribution in [1.29, 1.82) is 0 Å². The van der Waals surface area contributed by atoms with Crippen molar-refractivity contribution < 1.29 is 14.0 Å². The van der Waals surface area contributed by atoms with Crippen molar-refractivity contribution in [1.82, 2.24) is 15.1 Å². The molecule has 0 saturated carbocycles. The van der Waals surface area contributed by atoms with Gasteiger partial charge in [-0.1, -0.05) is 0 Å². The van der Waals surface area contributed by atoms with Gasteiger partial charge in [0.2, 0.25) is 5.91 Å². The van der Waals surface area contributed by atoms with Crippen LogP contribution in [-0.4, -0.2) is 34.2 Å². The first-order valence-electron chi connectivity index (χ1n) is 8.76. The Hall–Kier alpha value is -2.57. The molecule has 1 saturated heterocycles. The SMILES string of the molecule is CCn1nccc1N1CCCC(NC(=O)CCc2ccc(C)o2)C1=O. The summed E-state index contributed by atoms with van der Waals surface area (Å²) in [5.74, 6) is 2.22. The summed E-state index contributed by atoms with van der Waals surface area (Å²) >= 11 is 0. The van der Waals surface area contributed by atoms with Crippen LogP contribution in [0.2, 0.25) is 0 Å². The van der Waals surface area contributed by atoms with Crippen molar-refractivity contribution in [2.45, 2.75) is 52.1 Å². The summed E-state index contributed by atoms with van der Waals surface area (Å²) in [4.78, 5) is 26.7. The quantitative estimate of drug-likeness (QED) is 0.870. The summed E-state index contributed by atoms with van der Waals surface area (Å²) in [6, 6.07) is 5.12. The highest BCUT2D eigenvalue weighted by Gasteiger charge is 2.32. The molecule has 2 aromatic rings. The highest BCUT2D eigenvalue weighted by molar-refractivity contribution is 5.99. The van der Waals surface area contributed by atoms with Gasteiger partial charge in [-0.2, -0.15) is 5.10 Å². The van der Waals surface area contributed by atoms with Crippen LogP contribution in [0.3, 0.4) is 0 Å². The summed E-state index contributed by atoms with van der Waals surface area (Å²) in [6.45, 7) is 5.22. The van der Waals surface area contributed by atoms with E-state index >= 15 is 0 Å². The van der Waals surface area contributed by atoms with Crippen molar-refractivity contribution >= 4 is 17.6 Å². The number of rotatable bonds is 6. The lowest BCUT2D eigenvalue weighted by Gasteiger charge is -2.32. The minimum atomic E-state index is -0.472. The molecule has 1 aliphatic heterocycles. The maximum atomic E-state index is 12.8. The number of aryl methyl sites for hydroxylation is 3. The summed E-state index contributed by atoms with van der Waals surface area (Å²) in [7, 11) is 0. The van der Waals surface area contributed by atoms with Gasteiger partial charge >= 0.3 is 0 Å². The topological polar surface area (TPSA) is 80.4 Å². The molecule has 1 N–H and O–H groups in total. The molecule has 0 bridgehead atoms. The van der Waals surface area contributed by atoms with Gasteiger partial charge in [0, 0.05) is 32.0 Å². The highest BCUT2D eigenvalue weighted by atomic mass is 16.3. The molecule has 1 aliphatic rings. The second kappa shape index (κ2) is 7.55. The highest BCUT2D eigenvalue weighted by Crippen LogP contribution is 2.21. The second-order valence-corrected chi connectivity index (χ2v) is 6.27. The van der Waals surface area contributed by atoms with Crippen LogP contribution in [0.15, 0.2) is 28.8 Å². The van der Waals surface area contributed by atoms with E-state index in [0.29, 0.717) is 32.4 Å². The Balaban J connectivity index is 1.58. The van der Waals surface area contributed by atoms with Gasteiger partial charge in [-0.3, -0.25) is 14.5 Å². The zero-order valence-corrected chi connectivity index (χ0v) is 14.7. The third kappa shape index (κ3) is 3.92. The van der Waals surface area contributed by atoms with Gasteiger partial charge in [0.1, 0.15) is 23.4 Å². The molecule has 2 aromatic heterocycles. The van der Waals surface area contributed by atoms with Gasteiger partial charge in [-0.25, -0.2) is 4.68 Å². The van der Waals surface area contributed by atoms with Gasteiger partial charge < -0.3 is 9.73 Å². The first kappa shape index (κ1) is 17.3. The van der Waals surface area contributed by atoms with Crippen LogP contribution in [0.4, 0.5) is 5.82 Å². The van der Waals surface area contributed by atoms with Crippen LogP contribution < -0.4 is 10.2 Å². The number of carbonyl (C=O) groups excluding carboxylic acids is 2. The van der Waals surface area contributed by atoms with E-state index in [1.54, 1.807) is 15.8 Å².